The van der Waals surface area contributed by atoms with Crippen LogP contribution in [0.5, 0.6) is 0 Å². The van der Waals surface area contributed by atoms with Crippen molar-refractivity contribution in [3.05, 3.63) is 65.5 Å². The van der Waals surface area contributed by atoms with E-state index in [1.165, 1.54) is 11.3 Å². The Labute approximate surface area is 135 Å². The van der Waals surface area contributed by atoms with E-state index in [1.54, 1.807) is 0 Å². The smallest absolute Gasteiger partial charge is 0.246 e. The predicted octanol–water partition coefficient (Wildman–Crippen LogP) is 4.00. The number of anilines is 1. The van der Waals surface area contributed by atoms with Crippen LogP contribution in [0.15, 0.2) is 53.1 Å². The number of fused-ring (bicyclic) bond motifs is 1. The van der Waals surface area contributed by atoms with Gasteiger partial charge in [-0.3, -0.25) is 0 Å². The molecule has 0 saturated carbocycles. The molecule has 0 fully saturated rings. The normalized spacial score (nSPS) is 16.6. The van der Waals surface area contributed by atoms with Gasteiger partial charge in [-0.15, -0.1) is 0 Å². The first-order valence-corrected chi connectivity index (χ1v) is 7.95. The van der Waals surface area contributed by atoms with Crippen molar-refractivity contribution < 1.29 is 4.52 Å². The van der Waals surface area contributed by atoms with Gasteiger partial charge in [-0.05, 0) is 37.5 Å². The molecule has 23 heavy (non-hydrogen) atoms. The maximum atomic E-state index is 5.50. The van der Waals surface area contributed by atoms with Crippen LogP contribution in [0.2, 0.25) is 0 Å². The molecular formula is C19H19N3O. The Morgan fingerprint density at radius 2 is 1.91 bits per heavy atom. The van der Waals surface area contributed by atoms with Crippen molar-refractivity contribution in [1.82, 2.24) is 10.1 Å². The highest BCUT2D eigenvalue weighted by Crippen LogP contribution is 2.33. The number of nitrogens with zero attached hydrogens (tertiary/aromatic N) is 3. The molecule has 0 radical (unpaired) electrons. The Morgan fingerprint density at radius 1 is 1.13 bits per heavy atom. The molecule has 116 valence electrons. The molecule has 0 saturated heterocycles. The second-order valence-corrected chi connectivity index (χ2v) is 6.14. The van der Waals surface area contributed by atoms with Crippen molar-refractivity contribution in [3.8, 4) is 11.4 Å². The monoisotopic (exact) mass is 305 g/mol. The predicted molar refractivity (Wildman–Crippen MR) is 90.3 cm³/mol. The van der Waals surface area contributed by atoms with Crippen LogP contribution in [0.25, 0.3) is 11.4 Å². The van der Waals surface area contributed by atoms with Crippen LogP contribution in [0.3, 0.4) is 0 Å². The summed E-state index contributed by atoms with van der Waals surface area (Å²) in [4.78, 5) is 6.93. The summed E-state index contributed by atoms with van der Waals surface area (Å²) in [7, 11) is 0. The maximum Gasteiger partial charge on any atom is 0.246 e. The zero-order chi connectivity index (χ0) is 15.8. The molecule has 2 heterocycles. The number of benzene rings is 2. The first-order chi connectivity index (χ1) is 11.2. The van der Waals surface area contributed by atoms with E-state index in [4.69, 9.17) is 4.52 Å². The summed E-state index contributed by atoms with van der Waals surface area (Å²) >= 11 is 0. The molecule has 0 bridgehead atoms. The van der Waals surface area contributed by atoms with Gasteiger partial charge in [0.05, 0.1) is 6.54 Å². The van der Waals surface area contributed by atoms with Gasteiger partial charge >= 0.3 is 0 Å². The largest absolute Gasteiger partial charge is 0.359 e. The first-order valence-electron chi connectivity index (χ1n) is 7.95. The fraction of sp³-hybridized carbons (Fsp3) is 0.263. The number of para-hydroxylation sites is 1. The Bertz CT molecular complexity index is 840. The molecule has 1 atom stereocenters. The van der Waals surface area contributed by atoms with Crippen LogP contribution < -0.4 is 4.90 Å². The quantitative estimate of drug-likeness (QED) is 0.733. The van der Waals surface area contributed by atoms with Crippen LogP contribution in [0.4, 0.5) is 5.69 Å². The second-order valence-electron chi connectivity index (χ2n) is 6.14. The van der Waals surface area contributed by atoms with Gasteiger partial charge in [0.1, 0.15) is 0 Å². The van der Waals surface area contributed by atoms with Crippen LogP contribution in [0, 0.1) is 6.92 Å². The van der Waals surface area contributed by atoms with Crippen molar-refractivity contribution in [2.24, 2.45) is 0 Å². The minimum atomic E-state index is 0.446. The molecule has 0 amide bonds. The molecule has 0 aliphatic carbocycles. The number of hydrogen-bond acceptors (Lipinski definition) is 4. The Kier molecular flexibility index (Phi) is 3.37. The van der Waals surface area contributed by atoms with E-state index in [-0.39, 0.29) is 0 Å². The van der Waals surface area contributed by atoms with Crippen molar-refractivity contribution in [3.63, 3.8) is 0 Å². The Morgan fingerprint density at radius 3 is 2.78 bits per heavy atom. The van der Waals surface area contributed by atoms with Gasteiger partial charge in [0, 0.05) is 17.3 Å². The maximum absolute atomic E-state index is 5.50. The molecule has 3 aromatic rings. The lowest BCUT2D eigenvalue weighted by Crippen LogP contribution is -2.28. The fourth-order valence-corrected chi connectivity index (χ4v) is 3.27. The third-order valence-electron chi connectivity index (χ3n) is 4.51. The molecule has 1 unspecified atom stereocenters. The summed E-state index contributed by atoms with van der Waals surface area (Å²) in [6, 6.07) is 17.1. The fourth-order valence-electron chi connectivity index (χ4n) is 3.27. The molecule has 1 aliphatic heterocycles. The molecule has 0 N–H and O–H groups in total. The first kappa shape index (κ1) is 14.0. The molecule has 4 heteroatoms. The zero-order valence-corrected chi connectivity index (χ0v) is 13.4. The minimum absolute atomic E-state index is 0.446. The second kappa shape index (κ2) is 5.54. The SMILES string of the molecule is Cc1ccccc1-c1noc(CN2c3ccccc3CC2C)n1. The molecule has 4 rings (SSSR count). The van der Waals surface area contributed by atoms with Crippen molar-refractivity contribution >= 4 is 5.69 Å². The van der Waals surface area contributed by atoms with Crippen LogP contribution in [-0.2, 0) is 13.0 Å². The molecular weight excluding hydrogens is 286 g/mol. The third-order valence-corrected chi connectivity index (χ3v) is 4.51. The summed E-state index contributed by atoms with van der Waals surface area (Å²) in [5.41, 5.74) is 4.84. The van der Waals surface area contributed by atoms with E-state index in [0.717, 1.165) is 17.5 Å². The lowest BCUT2D eigenvalue weighted by atomic mass is 10.1. The highest BCUT2D eigenvalue weighted by molar-refractivity contribution is 5.60. The highest BCUT2D eigenvalue weighted by atomic mass is 16.5. The van der Waals surface area contributed by atoms with Gasteiger partial charge in [-0.25, -0.2) is 0 Å². The molecule has 4 nitrogen and oxygen atoms in total. The molecule has 0 spiro atoms. The molecule has 1 aromatic heterocycles. The van der Waals surface area contributed by atoms with Crippen molar-refractivity contribution in [2.45, 2.75) is 32.9 Å². The van der Waals surface area contributed by atoms with E-state index < -0.39 is 0 Å². The van der Waals surface area contributed by atoms with Gasteiger partial charge < -0.3 is 9.42 Å². The molecule has 1 aliphatic rings. The standard InChI is InChI=1S/C19H19N3O/c1-13-7-3-5-9-16(13)19-20-18(23-21-19)12-22-14(2)11-15-8-4-6-10-17(15)22/h3-10,14H,11-12H2,1-2H3. The summed E-state index contributed by atoms with van der Waals surface area (Å²) in [5, 5.41) is 4.16. The van der Waals surface area contributed by atoms with Crippen LogP contribution in [-0.4, -0.2) is 16.2 Å². The average Bonchev–Trinajstić information content (AvgIpc) is 3.14. The van der Waals surface area contributed by atoms with E-state index >= 15 is 0 Å². The van der Waals surface area contributed by atoms with Crippen molar-refractivity contribution in [1.29, 1.82) is 0 Å². The Hall–Kier alpha value is -2.62. The lowest BCUT2D eigenvalue weighted by molar-refractivity contribution is 0.374. The topological polar surface area (TPSA) is 42.2 Å². The van der Waals surface area contributed by atoms with Crippen LogP contribution in [0.1, 0.15) is 23.9 Å². The van der Waals surface area contributed by atoms with Crippen LogP contribution >= 0.6 is 0 Å². The van der Waals surface area contributed by atoms with Gasteiger partial charge in [0.2, 0.25) is 11.7 Å². The van der Waals surface area contributed by atoms with E-state index in [9.17, 15) is 0 Å². The van der Waals surface area contributed by atoms with Gasteiger partial charge in [-0.1, -0.05) is 47.6 Å². The van der Waals surface area contributed by atoms with Gasteiger partial charge in [0.15, 0.2) is 0 Å². The average molecular weight is 305 g/mol. The number of aryl methyl sites for hydroxylation is 1. The van der Waals surface area contributed by atoms with Gasteiger partial charge in [0.25, 0.3) is 0 Å². The van der Waals surface area contributed by atoms with Gasteiger partial charge in [-0.2, -0.15) is 4.98 Å². The highest BCUT2D eigenvalue weighted by Gasteiger charge is 2.27. The van der Waals surface area contributed by atoms with E-state index in [2.05, 4.69) is 59.2 Å². The Balaban J connectivity index is 1.60. The lowest BCUT2D eigenvalue weighted by Gasteiger charge is -2.22. The van der Waals surface area contributed by atoms with E-state index in [0.29, 0.717) is 24.3 Å². The zero-order valence-electron chi connectivity index (χ0n) is 13.4. The molecule has 2 aromatic carbocycles. The summed E-state index contributed by atoms with van der Waals surface area (Å²) in [6.07, 6.45) is 1.06. The summed E-state index contributed by atoms with van der Waals surface area (Å²) in [5.74, 6) is 1.32. The summed E-state index contributed by atoms with van der Waals surface area (Å²) < 4.78 is 5.50. The minimum Gasteiger partial charge on any atom is -0.359 e. The third kappa shape index (κ3) is 2.50. The van der Waals surface area contributed by atoms with Crippen molar-refractivity contribution in [2.75, 3.05) is 4.90 Å². The van der Waals surface area contributed by atoms with E-state index in [1.807, 2.05) is 18.2 Å². The number of hydrogen-bond donors (Lipinski definition) is 0. The number of aromatic nitrogens is 2. The summed E-state index contributed by atoms with van der Waals surface area (Å²) in [6.45, 7) is 4.94. The number of rotatable bonds is 3.